The Hall–Kier alpha value is -3.30. The van der Waals surface area contributed by atoms with Crippen LogP contribution in [0.4, 0.5) is 0 Å². The van der Waals surface area contributed by atoms with E-state index in [9.17, 15) is 28.8 Å². The van der Waals surface area contributed by atoms with E-state index in [1.54, 1.807) is 0 Å². The summed E-state index contributed by atoms with van der Waals surface area (Å²) >= 11 is 0. The summed E-state index contributed by atoms with van der Waals surface area (Å²) in [5.41, 5.74) is 13.5. The largest absolute Gasteiger partial charge is 0.481 e. The van der Waals surface area contributed by atoms with E-state index in [1.807, 2.05) is 0 Å². The lowest BCUT2D eigenvalue weighted by atomic mass is 10.1. The van der Waals surface area contributed by atoms with Crippen molar-refractivity contribution in [1.29, 1.82) is 0 Å². The van der Waals surface area contributed by atoms with Crippen molar-refractivity contribution in [1.82, 2.24) is 0 Å². The molecule has 15 heteroatoms. The van der Waals surface area contributed by atoms with Crippen molar-refractivity contribution in [2.45, 2.75) is 49.9 Å². The highest BCUT2D eigenvalue weighted by atomic mass is 17.2. The summed E-state index contributed by atoms with van der Waals surface area (Å²) in [7, 11) is 0. The number of rotatable bonds is 5. The monoisotopic (exact) mass is 421 g/mol. The van der Waals surface area contributed by atoms with Gasteiger partial charge in [0.2, 0.25) is 0 Å². The van der Waals surface area contributed by atoms with Crippen LogP contribution in [-0.2, 0) is 53.1 Å². The van der Waals surface area contributed by atoms with Crippen molar-refractivity contribution in [3.63, 3.8) is 0 Å². The molecular formula is C14H19N3O12. The number of esters is 1. The van der Waals surface area contributed by atoms with Crippen molar-refractivity contribution >= 4 is 35.8 Å². The lowest BCUT2D eigenvalue weighted by Gasteiger charge is -2.26. The van der Waals surface area contributed by atoms with E-state index < -0.39 is 72.9 Å². The number of hydrogen-bond acceptors (Lipinski definition) is 14. The molecule has 0 aromatic rings. The molecule has 3 atom stereocenters. The Morgan fingerprint density at radius 2 is 1.76 bits per heavy atom. The second-order valence-electron chi connectivity index (χ2n) is 5.86. The second kappa shape index (κ2) is 10.3. The number of carboxylic acid groups (broad SMARTS) is 1. The Kier molecular flexibility index (Phi) is 8.43. The first-order chi connectivity index (χ1) is 13.4. The molecule has 1 saturated heterocycles. The molecule has 0 amide bonds. The number of aliphatic carboxylic acids is 1. The maximum Gasteiger partial charge on any atom is 0.414 e. The van der Waals surface area contributed by atoms with Crippen molar-refractivity contribution in [3.8, 4) is 0 Å². The SMILES string of the molecule is N[C@@H]1CCC(=O)OOC(=O)CC(N)(OC(=O)[C@H](N)CCC(=O)O)C(=O)OOC1=O. The summed E-state index contributed by atoms with van der Waals surface area (Å²) in [4.78, 5) is 86.1. The number of carbonyl (C=O) groups is 6. The average Bonchev–Trinajstić information content (AvgIpc) is 2.65. The Balaban J connectivity index is 2.98. The van der Waals surface area contributed by atoms with Gasteiger partial charge in [-0.05, 0) is 12.8 Å². The molecule has 7 N–H and O–H groups in total. The van der Waals surface area contributed by atoms with Crippen LogP contribution in [0, 0.1) is 0 Å². The predicted octanol–water partition coefficient (Wildman–Crippen LogP) is -3.11. The molecule has 1 aliphatic heterocycles. The highest BCUT2D eigenvalue weighted by molar-refractivity contribution is 5.89. The minimum absolute atomic E-state index is 0.298. The first-order valence-corrected chi connectivity index (χ1v) is 8.02. The van der Waals surface area contributed by atoms with Gasteiger partial charge in [0.05, 0.1) is 6.42 Å². The molecule has 0 aromatic carbocycles. The molecule has 0 spiro atoms. The number of ether oxygens (including phenoxy) is 1. The van der Waals surface area contributed by atoms with E-state index in [1.165, 1.54) is 0 Å². The van der Waals surface area contributed by atoms with Crippen molar-refractivity contribution in [3.05, 3.63) is 0 Å². The van der Waals surface area contributed by atoms with Gasteiger partial charge >= 0.3 is 35.8 Å². The Morgan fingerprint density at radius 1 is 1.14 bits per heavy atom. The zero-order valence-electron chi connectivity index (χ0n) is 14.9. The minimum Gasteiger partial charge on any atom is -0.481 e. The van der Waals surface area contributed by atoms with E-state index in [-0.39, 0.29) is 12.8 Å². The van der Waals surface area contributed by atoms with Crippen LogP contribution in [0.25, 0.3) is 0 Å². The molecule has 0 aromatic heterocycles. The van der Waals surface area contributed by atoms with Gasteiger partial charge in [-0.15, -0.1) is 0 Å². The van der Waals surface area contributed by atoms with Crippen LogP contribution in [0.1, 0.15) is 32.1 Å². The highest BCUT2D eigenvalue weighted by Crippen LogP contribution is 2.16. The molecular weight excluding hydrogens is 402 g/mol. The summed E-state index contributed by atoms with van der Waals surface area (Å²) in [6.45, 7) is 0. The van der Waals surface area contributed by atoms with Crippen LogP contribution in [0.3, 0.4) is 0 Å². The Bertz CT molecular complexity index is 695. The Labute approximate surface area is 162 Å². The van der Waals surface area contributed by atoms with Crippen molar-refractivity contribution < 1.29 is 58.2 Å². The molecule has 1 rings (SSSR count). The topological polar surface area (TPSA) is 247 Å². The van der Waals surface area contributed by atoms with Gasteiger partial charge in [-0.25, -0.2) is 38.7 Å². The lowest BCUT2D eigenvalue weighted by molar-refractivity contribution is -0.276. The Morgan fingerprint density at radius 3 is 2.38 bits per heavy atom. The van der Waals surface area contributed by atoms with E-state index in [0.717, 1.165) is 0 Å². The molecule has 29 heavy (non-hydrogen) atoms. The molecule has 0 aliphatic carbocycles. The number of hydrogen-bond donors (Lipinski definition) is 4. The van der Waals surface area contributed by atoms with E-state index in [4.69, 9.17) is 22.3 Å². The van der Waals surface area contributed by atoms with E-state index in [2.05, 4.69) is 24.3 Å². The van der Waals surface area contributed by atoms with Crippen LogP contribution >= 0.6 is 0 Å². The smallest absolute Gasteiger partial charge is 0.414 e. The van der Waals surface area contributed by atoms with Gasteiger partial charge in [-0.2, -0.15) is 0 Å². The molecule has 1 fully saturated rings. The van der Waals surface area contributed by atoms with Crippen LogP contribution < -0.4 is 17.2 Å². The molecule has 15 nitrogen and oxygen atoms in total. The zero-order valence-corrected chi connectivity index (χ0v) is 14.9. The van der Waals surface area contributed by atoms with E-state index in [0.29, 0.717) is 0 Å². The number of nitrogens with two attached hydrogens (primary N) is 3. The van der Waals surface area contributed by atoms with Gasteiger partial charge < -0.3 is 21.3 Å². The minimum atomic E-state index is -2.92. The fourth-order valence-electron chi connectivity index (χ4n) is 1.78. The quantitative estimate of drug-likeness (QED) is 0.195. The van der Waals surface area contributed by atoms with Crippen molar-refractivity contribution in [2.24, 2.45) is 17.2 Å². The first-order valence-electron chi connectivity index (χ1n) is 8.02. The zero-order chi connectivity index (χ0) is 22.2. The summed E-state index contributed by atoms with van der Waals surface area (Å²) < 4.78 is 4.66. The third-order valence-electron chi connectivity index (χ3n) is 3.40. The summed E-state index contributed by atoms with van der Waals surface area (Å²) in [5, 5.41) is 8.59. The van der Waals surface area contributed by atoms with Gasteiger partial charge in [0.15, 0.2) is 0 Å². The normalized spacial score (nSPS) is 25.0. The molecule has 0 saturated carbocycles. The fourth-order valence-corrected chi connectivity index (χ4v) is 1.78. The molecule has 1 aliphatic rings. The van der Waals surface area contributed by atoms with Crippen molar-refractivity contribution in [2.75, 3.05) is 0 Å². The summed E-state index contributed by atoms with van der Waals surface area (Å²) in [5.74, 6) is -8.14. The van der Waals surface area contributed by atoms with Crippen LogP contribution in [0.2, 0.25) is 0 Å². The number of carbonyl (C=O) groups excluding carboxylic acids is 5. The van der Waals surface area contributed by atoms with E-state index >= 15 is 0 Å². The molecule has 162 valence electrons. The molecule has 1 heterocycles. The van der Waals surface area contributed by atoms with Crippen LogP contribution in [0.15, 0.2) is 0 Å². The number of carboxylic acids is 1. The van der Waals surface area contributed by atoms with Gasteiger partial charge in [-0.3, -0.25) is 15.3 Å². The second-order valence-corrected chi connectivity index (χ2v) is 5.86. The standard InChI is InChI=1S/C14H19N3O12/c15-6(1-3-8(18)19)11(22)25-14(17)5-10(21)27-26-9(20)4-2-7(16)12(23)28-29-13(14)24/h6-7H,1-5,15-17H2,(H,18,19)/t6-,7-,14?/m1/s1. The summed E-state index contributed by atoms with van der Waals surface area (Å²) in [6.07, 6.45) is -2.87. The highest BCUT2D eigenvalue weighted by Gasteiger charge is 2.46. The third kappa shape index (κ3) is 7.68. The molecule has 0 radical (unpaired) electrons. The predicted molar refractivity (Wildman–Crippen MR) is 84.1 cm³/mol. The van der Waals surface area contributed by atoms with Gasteiger partial charge in [0, 0.05) is 6.42 Å². The van der Waals surface area contributed by atoms with Crippen LogP contribution in [-0.4, -0.2) is 58.7 Å². The van der Waals surface area contributed by atoms with Gasteiger partial charge in [-0.1, -0.05) is 0 Å². The molecule has 1 unspecified atom stereocenters. The average molecular weight is 421 g/mol. The maximum atomic E-state index is 12.1. The maximum absolute atomic E-state index is 12.1. The fraction of sp³-hybridized carbons (Fsp3) is 0.571. The first kappa shape index (κ1) is 23.7. The third-order valence-corrected chi connectivity index (χ3v) is 3.40. The molecule has 0 bridgehead atoms. The van der Waals surface area contributed by atoms with Gasteiger partial charge in [0.25, 0.3) is 5.72 Å². The lowest BCUT2D eigenvalue weighted by Crippen LogP contribution is -2.56. The van der Waals surface area contributed by atoms with Gasteiger partial charge in [0.1, 0.15) is 18.5 Å². The van der Waals surface area contributed by atoms with Crippen LogP contribution in [0.5, 0.6) is 0 Å². The summed E-state index contributed by atoms with van der Waals surface area (Å²) in [6, 6.07) is -2.94.